The van der Waals surface area contributed by atoms with Gasteiger partial charge in [-0.05, 0) is 43.2 Å². The SMILES string of the molecule is CCCC[C@H](C(=O)O)c1c(C)n(C(=O)c2ccc(Cl)cc2)c2cc(F)c(O)c(F)c12. The Morgan fingerprint density at radius 2 is 1.83 bits per heavy atom. The molecule has 2 aromatic carbocycles. The van der Waals surface area contributed by atoms with Crippen LogP contribution in [0.1, 0.15) is 53.7 Å². The maximum absolute atomic E-state index is 15.0. The minimum absolute atomic E-state index is 0.0565. The highest BCUT2D eigenvalue weighted by molar-refractivity contribution is 6.30. The van der Waals surface area contributed by atoms with Crippen LogP contribution in [-0.4, -0.2) is 26.7 Å². The first-order valence-corrected chi connectivity index (χ1v) is 9.81. The van der Waals surface area contributed by atoms with Gasteiger partial charge in [0.2, 0.25) is 0 Å². The molecule has 0 spiro atoms. The van der Waals surface area contributed by atoms with Gasteiger partial charge < -0.3 is 10.2 Å². The first-order valence-electron chi connectivity index (χ1n) is 9.43. The Bertz CT molecular complexity index is 1140. The van der Waals surface area contributed by atoms with E-state index in [0.717, 1.165) is 10.6 Å². The molecule has 0 saturated heterocycles. The molecule has 0 amide bonds. The molecule has 3 rings (SSSR count). The number of nitrogens with zero attached hydrogens (tertiary/aromatic N) is 1. The van der Waals surface area contributed by atoms with Crippen molar-refractivity contribution in [2.24, 2.45) is 0 Å². The maximum atomic E-state index is 15.0. The van der Waals surface area contributed by atoms with Crippen molar-refractivity contribution in [3.63, 3.8) is 0 Å². The van der Waals surface area contributed by atoms with Crippen LogP contribution in [0.15, 0.2) is 30.3 Å². The second kappa shape index (κ2) is 8.44. The molecule has 8 heteroatoms. The van der Waals surface area contributed by atoms with Crippen LogP contribution < -0.4 is 0 Å². The summed E-state index contributed by atoms with van der Waals surface area (Å²) in [7, 11) is 0. The molecule has 1 atom stereocenters. The topological polar surface area (TPSA) is 79.5 Å². The minimum atomic E-state index is -1.28. The molecule has 5 nitrogen and oxygen atoms in total. The zero-order chi connectivity index (χ0) is 22.2. The second-order valence-corrected chi connectivity index (χ2v) is 7.53. The number of halogens is 3. The van der Waals surface area contributed by atoms with E-state index in [1.165, 1.54) is 31.2 Å². The van der Waals surface area contributed by atoms with E-state index in [-0.39, 0.29) is 34.1 Å². The first kappa shape index (κ1) is 21.8. The lowest BCUT2D eigenvalue weighted by Crippen LogP contribution is -2.16. The van der Waals surface area contributed by atoms with Crippen LogP contribution in [0.25, 0.3) is 10.9 Å². The standard InChI is InChI=1S/C22H20ClF2NO4/c1-3-4-5-14(22(29)30)17-11(2)26(21(28)12-6-8-13(23)9-7-12)16-10-15(24)20(27)19(25)18(16)17/h6-10,14,27H,3-5H2,1-2H3,(H,29,30)/t14-/m0/s1. The number of carboxylic acid groups (broad SMARTS) is 1. The number of aliphatic carboxylic acids is 1. The molecule has 1 aromatic heterocycles. The van der Waals surface area contributed by atoms with Crippen molar-refractivity contribution in [1.29, 1.82) is 0 Å². The Morgan fingerprint density at radius 1 is 1.20 bits per heavy atom. The van der Waals surface area contributed by atoms with Gasteiger partial charge in [-0.1, -0.05) is 31.4 Å². The Kier molecular flexibility index (Phi) is 6.12. The van der Waals surface area contributed by atoms with Gasteiger partial charge in [-0.25, -0.2) is 8.78 Å². The molecule has 30 heavy (non-hydrogen) atoms. The van der Waals surface area contributed by atoms with E-state index in [1.54, 1.807) is 0 Å². The lowest BCUT2D eigenvalue weighted by molar-refractivity contribution is -0.139. The molecular weight excluding hydrogens is 416 g/mol. The van der Waals surface area contributed by atoms with E-state index in [9.17, 15) is 28.6 Å². The van der Waals surface area contributed by atoms with E-state index in [1.807, 2.05) is 6.92 Å². The van der Waals surface area contributed by atoms with Crippen LogP contribution >= 0.6 is 11.6 Å². The number of carbonyl (C=O) groups is 2. The van der Waals surface area contributed by atoms with Crippen molar-refractivity contribution in [2.75, 3.05) is 0 Å². The molecule has 1 heterocycles. The van der Waals surface area contributed by atoms with E-state index < -0.39 is 35.2 Å². The molecule has 0 radical (unpaired) electrons. The van der Waals surface area contributed by atoms with Crippen molar-refractivity contribution in [1.82, 2.24) is 4.57 Å². The van der Waals surface area contributed by atoms with Gasteiger partial charge in [-0.2, -0.15) is 0 Å². The fraction of sp³-hybridized carbons (Fsp3) is 0.273. The Hall–Kier alpha value is -2.93. The largest absolute Gasteiger partial charge is 0.503 e. The molecule has 3 aromatic rings. The number of hydrogen-bond acceptors (Lipinski definition) is 3. The number of unbranched alkanes of at least 4 members (excludes halogenated alkanes) is 1. The van der Waals surface area contributed by atoms with Crippen LogP contribution in [-0.2, 0) is 4.79 Å². The smallest absolute Gasteiger partial charge is 0.311 e. The number of aromatic nitrogens is 1. The lowest BCUT2D eigenvalue weighted by Gasteiger charge is -2.14. The predicted molar refractivity (Wildman–Crippen MR) is 109 cm³/mol. The van der Waals surface area contributed by atoms with Crippen LogP contribution in [0.2, 0.25) is 5.02 Å². The lowest BCUT2D eigenvalue weighted by atomic mass is 9.91. The number of aromatic hydroxyl groups is 1. The molecule has 0 fully saturated rings. The average molecular weight is 436 g/mol. The van der Waals surface area contributed by atoms with Crippen LogP contribution in [0, 0.1) is 18.6 Å². The quantitative estimate of drug-likeness (QED) is 0.525. The number of phenols is 1. The highest BCUT2D eigenvalue weighted by Gasteiger charge is 2.32. The summed E-state index contributed by atoms with van der Waals surface area (Å²) in [6.07, 6.45) is 1.48. The van der Waals surface area contributed by atoms with Gasteiger partial charge in [0, 0.05) is 27.7 Å². The average Bonchev–Trinajstić information content (AvgIpc) is 2.98. The van der Waals surface area contributed by atoms with Crippen LogP contribution in [0.5, 0.6) is 5.75 Å². The van der Waals surface area contributed by atoms with Crippen molar-refractivity contribution in [3.05, 3.63) is 63.8 Å². The normalized spacial score (nSPS) is 12.3. The molecular formula is C22H20ClF2NO4. The van der Waals surface area contributed by atoms with Crippen LogP contribution in [0.4, 0.5) is 8.78 Å². The van der Waals surface area contributed by atoms with Gasteiger partial charge in [0.25, 0.3) is 5.91 Å². The van der Waals surface area contributed by atoms with Gasteiger partial charge in [0.1, 0.15) is 0 Å². The zero-order valence-corrected chi connectivity index (χ0v) is 17.1. The molecule has 158 valence electrons. The third kappa shape index (κ3) is 3.65. The summed E-state index contributed by atoms with van der Waals surface area (Å²) in [4.78, 5) is 25.2. The number of carbonyl (C=O) groups excluding carboxylic acids is 1. The summed E-state index contributed by atoms with van der Waals surface area (Å²) in [5.41, 5.74) is 0.302. The maximum Gasteiger partial charge on any atom is 0.311 e. The fourth-order valence-corrected chi connectivity index (χ4v) is 3.85. The number of phenolic OH excluding ortho intramolecular Hbond substituents is 1. The number of rotatable bonds is 6. The third-order valence-electron chi connectivity index (χ3n) is 5.20. The van der Waals surface area contributed by atoms with Gasteiger partial charge in [0.05, 0.1) is 11.4 Å². The number of hydrogen-bond donors (Lipinski definition) is 2. The zero-order valence-electron chi connectivity index (χ0n) is 16.4. The van der Waals surface area contributed by atoms with Crippen molar-refractivity contribution >= 4 is 34.4 Å². The molecule has 0 aliphatic heterocycles. The summed E-state index contributed by atoms with van der Waals surface area (Å²) in [6, 6.07) is 6.79. The van der Waals surface area contributed by atoms with Gasteiger partial charge in [-0.15, -0.1) is 0 Å². The molecule has 0 saturated carbocycles. The fourth-order valence-electron chi connectivity index (χ4n) is 3.72. The number of carboxylic acids is 1. The van der Waals surface area contributed by atoms with Crippen LogP contribution in [0.3, 0.4) is 0 Å². The highest BCUT2D eigenvalue weighted by Crippen LogP contribution is 2.40. The molecule has 2 N–H and O–H groups in total. The van der Waals surface area contributed by atoms with Gasteiger partial charge in [-0.3, -0.25) is 14.2 Å². The summed E-state index contributed by atoms with van der Waals surface area (Å²) in [5, 5.41) is 19.7. The molecule has 0 aliphatic rings. The van der Waals surface area contributed by atoms with Crippen molar-refractivity contribution in [3.8, 4) is 5.75 Å². The Morgan fingerprint density at radius 3 is 2.40 bits per heavy atom. The summed E-state index contributed by atoms with van der Waals surface area (Å²) in [6.45, 7) is 3.38. The minimum Gasteiger partial charge on any atom is -0.503 e. The van der Waals surface area contributed by atoms with E-state index in [2.05, 4.69) is 0 Å². The Labute approximate surface area is 176 Å². The number of benzene rings is 2. The van der Waals surface area contributed by atoms with E-state index in [4.69, 9.17) is 11.6 Å². The second-order valence-electron chi connectivity index (χ2n) is 7.09. The summed E-state index contributed by atoms with van der Waals surface area (Å²) >= 11 is 5.87. The monoisotopic (exact) mass is 435 g/mol. The molecule has 0 bridgehead atoms. The molecule has 0 aliphatic carbocycles. The highest BCUT2D eigenvalue weighted by atomic mass is 35.5. The first-order chi connectivity index (χ1) is 14.2. The van der Waals surface area contributed by atoms with E-state index >= 15 is 0 Å². The summed E-state index contributed by atoms with van der Waals surface area (Å²) in [5.74, 6) is -6.63. The van der Waals surface area contributed by atoms with Gasteiger partial charge >= 0.3 is 5.97 Å². The van der Waals surface area contributed by atoms with Gasteiger partial charge in [0.15, 0.2) is 17.4 Å². The molecule has 0 unspecified atom stereocenters. The van der Waals surface area contributed by atoms with Crippen molar-refractivity contribution in [2.45, 2.75) is 39.0 Å². The Balaban J connectivity index is 2.35. The number of fused-ring (bicyclic) bond motifs is 1. The summed E-state index contributed by atoms with van der Waals surface area (Å²) < 4.78 is 30.2. The van der Waals surface area contributed by atoms with Crippen molar-refractivity contribution < 1.29 is 28.6 Å². The predicted octanol–water partition coefficient (Wildman–Crippen LogP) is 5.63. The third-order valence-corrected chi connectivity index (χ3v) is 5.45. The van der Waals surface area contributed by atoms with E-state index in [0.29, 0.717) is 17.9 Å².